The smallest absolute Gasteiger partial charge is 0.335 e. The molecule has 0 saturated carbocycles. The minimum atomic E-state index is -0.511. The van der Waals surface area contributed by atoms with Gasteiger partial charge in [-0.2, -0.15) is 0 Å². The molecule has 1 N–H and O–H groups in total. The van der Waals surface area contributed by atoms with Crippen LogP contribution < -0.4 is 9.47 Å². The van der Waals surface area contributed by atoms with Crippen molar-refractivity contribution < 1.29 is 24.2 Å². The van der Waals surface area contributed by atoms with E-state index in [4.69, 9.17) is 9.47 Å². The average molecular weight is 485 g/mol. The Labute approximate surface area is 212 Å². The van der Waals surface area contributed by atoms with E-state index >= 15 is 0 Å². The summed E-state index contributed by atoms with van der Waals surface area (Å²) in [7, 11) is 0. The van der Waals surface area contributed by atoms with Gasteiger partial charge in [-0.25, -0.2) is 9.59 Å². The Morgan fingerprint density at radius 3 is 1.75 bits per heavy atom. The van der Waals surface area contributed by atoms with Crippen molar-refractivity contribution in [3.05, 3.63) is 112 Å². The molecule has 3 aromatic rings. The minimum absolute atomic E-state index is 0.186. The second-order valence-corrected chi connectivity index (χ2v) is 9.14. The van der Waals surface area contributed by atoms with E-state index in [2.05, 4.69) is 13.2 Å². The third kappa shape index (κ3) is 5.41. The molecule has 3 rings (SSSR count). The van der Waals surface area contributed by atoms with Gasteiger partial charge in [-0.15, -0.1) is 0 Å². The van der Waals surface area contributed by atoms with Crippen LogP contribution >= 0.6 is 0 Å². The normalized spacial score (nSPS) is 11.5. The highest BCUT2D eigenvalue weighted by atomic mass is 16.5. The highest BCUT2D eigenvalue weighted by molar-refractivity contribution is 5.84. The number of phenolic OH excluding ortho intramolecular Hbond substituents is 1. The number of hydrogen-bond acceptors (Lipinski definition) is 5. The lowest BCUT2D eigenvalue weighted by Gasteiger charge is -2.26. The molecule has 3 aromatic carbocycles. The maximum Gasteiger partial charge on any atom is 0.335 e. The third-order valence-electron chi connectivity index (χ3n) is 6.33. The van der Waals surface area contributed by atoms with Gasteiger partial charge in [0, 0.05) is 18.1 Å². The number of rotatable bonds is 7. The minimum Gasteiger partial charge on any atom is -0.508 e. The summed E-state index contributed by atoms with van der Waals surface area (Å²) in [6.07, 6.45) is 2.28. The molecule has 5 nitrogen and oxygen atoms in total. The van der Waals surface area contributed by atoms with Crippen LogP contribution in [-0.4, -0.2) is 17.0 Å². The van der Waals surface area contributed by atoms with Gasteiger partial charge in [-0.05, 0) is 104 Å². The van der Waals surface area contributed by atoms with E-state index < -0.39 is 11.9 Å². The van der Waals surface area contributed by atoms with Gasteiger partial charge in [-0.3, -0.25) is 0 Å². The van der Waals surface area contributed by atoms with Gasteiger partial charge >= 0.3 is 11.9 Å². The number of carbonyl (C=O) groups excluding carboxylic acids is 2. The van der Waals surface area contributed by atoms with Crippen molar-refractivity contribution in [3.8, 4) is 17.2 Å². The SMILES string of the molecule is C=CC(=O)Oc1cc(C)c(C(c2cc(C)c(OC(=O)C=C)c(C)c2)c2cc(C)c(O)cc2C)cc1C. The zero-order chi connectivity index (χ0) is 26.7. The summed E-state index contributed by atoms with van der Waals surface area (Å²) in [6, 6.07) is 11.7. The number of aryl methyl sites for hydroxylation is 6. The van der Waals surface area contributed by atoms with Gasteiger partial charge in [0.1, 0.15) is 17.2 Å². The highest BCUT2D eigenvalue weighted by Crippen LogP contribution is 2.41. The van der Waals surface area contributed by atoms with Crippen molar-refractivity contribution in [2.24, 2.45) is 0 Å². The van der Waals surface area contributed by atoms with E-state index in [1.807, 2.05) is 71.9 Å². The Hall–Kier alpha value is -4.12. The second-order valence-electron chi connectivity index (χ2n) is 9.14. The molecule has 0 amide bonds. The van der Waals surface area contributed by atoms with Crippen LogP contribution in [-0.2, 0) is 9.59 Å². The van der Waals surface area contributed by atoms with Crippen molar-refractivity contribution in [1.82, 2.24) is 0 Å². The molecule has 1 atom stereocenters. The molecule has 36 heavy (non-hydrogen) atoms. The number of ether oxygens (including phenoxy) is 2. The van der Waals surface area contributed by atoms with Crippen LogP contribution in [0.3, 0.4) is 0 Å². The molecule has 0 bridgehead atoms. The van der Waals surface area contributed by atoms with Crippen molar-refractivity contribution in [2.45, 2.75) is 47.5 Å². The fourth-order valence-electron chi connectivity index (χ4n) is 4.50. The Balaban J connectivity index is 2.27. The molecule has 5 heteroatoms. The Kier molecular flexibility index (Phi) is 7.83. The van der Waals surface area contributed by atoms with Gasteiger partial charge in [-0.1, -0.05) is 37.4 Å². The molecule has 0 spiro atoms. The van der Waals surface area contributed by atoms with Crippen molar-refractivity contribution in [1.29, 1.82) is 0 Å². The number of carbonyl (C=O) groups is 2. The van der Waals surface area contributed by atoms with E-state index in [0.29, 0.717) is 11.5 Å². The first kappa shape index (κ1) is 26.5. The van der Waals surface area contributed by atoms with Crippen LogP contribution in [0.25, 0.3) is 0 Å². The maximum absolute atomic E-state index is 11.9. The van der Waals surface area contributed by atoms with Crippen LogP contribution in [0.5, 0.6) is 17.2 Å². The maximum atomic E-state index is 11.9. The largest absolute Gasteiger partial charge is 0.508 e. The van der Waals surface area contributed by atoms with Crippen LogP contribution in [0.1, 0.15) is 56.0 Å². The van der Waals surface area contributed by atoms with Crippen LogP contribution in [0.15, 0.2) is 61.7 Å². The predicted molar refractivity (Wildman–Crippen MR) is 142 cm³/mol. The molecular weight excluding hydrogens is 452 g/mol. The zero-order valence-corrected chi connectivity index (χ0v) is 21.7. The Morgan fingerprint density at radius 1 is 0.694 bits per heavy atom. The van der Waals surface area contributed by atoms with Gasteiger partial charge < -0.3 is 14.6 Å². The van der Waals surface area contributed by atoms with Gasteiger partial charge in [0.25, 0.3) is 0 Å². The summed E-state index contributed by atoms with van der Waals surface area (Å²) in [5.41, 5.74) is 8.21. The molecule has 0 saturated heterocycles. The van der Waals surface area contributed by atoms with Crippen molar-refractivity contribution >= 4 is 11.9 Å². The van der Waals surface area contributed by atoms with E-state index in [9.17, 15) is 14.7 Å². The fourth-order valence-corrected chi connectivity index (χ4v) is 4.50. The monoisotopic (exact) mass is 484 g/mol. The average Bonchev–Trinajstić information content (AvgIpc) is 2.82. The van der Waals surface area contributed by atoms with Crippen LogP contribution in [0, 0.1) is 41.5 Å². The highest BCUT2D eigenvalue weighted by Gasteiger charge is 2.25. The summed E-state index contributed by atoms with van der Waals surface area (Å²) in [5.74, 6) is 0.0369. The summed E-state index contributed by atoms with van der Waals surface area (Å²) in [5, 5.41) is 10.3. The lowest BCUT2D eigenvalue weighted by Crippen LogP contribution is -2.12. The fraction of sp³-hybridized carbons (Fsp3) is 0.226. The van der Waals surface area contributed by atoms with Gasteiger partial charge in [0.2, 0.25) is 0 Å². The quantitative estimate of drug-likeness (QED) is 0.177. The van der Waals surface area contributed by atoms with E-state index in [0.717, 1.165) is 62.2 Å². The lowest BCUT2D eigenvalue weighted by molar-refractivity contribution is -0.129. The molecule has 0 radical (unpaired) electrons. The van der Waals surface area contributed by atoms with Crippen molar-refractivity contribution in [2.75, 3.05) is 0 Å². The van der Waals surface area contributed by atoms with E-state index in [1.54, 1.807) is 6.07 Å². The Morgan fingerprint density at radius 2 is 1.19 bits per heavy atom. The molecule has 1 unspecified atom stereocenters. The summed E-state index contributed by atoms with van der Waals surface area (Å²) in [6.45, 7) is 18.5. The number of esters is 2. The molecule has 0 aliphatic rings. The second kappa shape index (κ2) is 10.6. The molecule has 0 fully saturated rings. The standard InChI is InChI=1S/C31H32O5/c1-9-28(33)35-27-16-18(4)25(14-20(27)6)30(24-13-19(5)26(32)15-17(24)3)23-11-21(7)31(22(8)12-23)36-29(34)10-2/h9-16,30,32H,1-2H2,3-8H3. The van der Waals surface area contributed by atoms with Crippen molar-refractivity contribution in [3.63, 3.8) is 0 Å². The van der Waals surface area contributed by atoms with Gasteiger partial charge in [0.15, 0.2) is 0 Å². The first-order valence-corrected chi connectivity index (χ1v) is 11.7. The molecule has 0 heterocycles. The summed E-state index contributed by atoms with van der Waals surface area (Å²) >= 11 is 0. The number of hydrogen-bond donors (Lipinski definition) is 1. The van der Waals surface area contributed by atoms with Crippen LogP contribution in [0.2, 0.25) is 0 Å². The number of benzene rings is 3. The van der Waals surface area contributed by atoms with E-state index in [-0.39, 0.29) is 11.7 Å². The summed E-state index contributed by atoms with van der Waals surface area (Å²) < 4.78 is 10.9. The molecule has 0 aliphatic carbocycles. The van der Waals surface area contributed by atoms with E-state index in [1.165, 1.54) is 0 Å². The number of phenols is 1. The zero-order valence-electron chi connectivity index (χ0n) is 21.7. The first-order chi connectivity index (χ1) is 17.0. The molecule has 186 valence electrons. The van der Waals surface area contributed by atoms with Gasteiger partial charge in [0.05, 0.1) is 0 Å². The summed E-state index contributed by atoms with van der Waals surface area (Å²) in [4.78, 5) is 23.7. The molecule has 0 aliphatic heterocycles. The predicted octanol–water partition coefficient (Wildman–Crippen LogP) is 6.61. The van der Waals surface area contributed by atoms with Crippen LogP contribution in [0.4, 0.5) is 0 Å². The molecular formula is C31H32O5. The third-order valence-corrected chi connectivity index (χ3v) is 6.33. The number of aromatic hydroxyl groups is 1. The Bertz CT molecular complexity index is 1360. The first-order valence-electron chi connectivity index (χ1n) is 11.7. The lowest BCUT2D eigenvalue weighted by atomic mass is 9.79. The topological polar surface area (TPSA) is 72.8 Å². The molecule has 0 aromatic heterocycles.